The van der Waals surface area contributed by atoms with E-state index in [1.165, 1.54) is 5.34 Å². The van der Waals surface area contributed by atoms with E-state index in [-0.39, 0.29) is 0 Å². The number of nitrogens with zero attached hydrogens (tertiary/aromatic N) is 1. The predicted octanol–water partition coefficient (Wildman–Crippen LogP) is 1.35. The highest BCUT2D eigenvalue weighted by Gasteiger charge is 1.81. The summed E-state index contributed by atoms with van der Waals surface area (Å²) in [6.45, 7) is 3.20. The third-order valence-electron chi connectivity index (χ3n) is 0. The second kappa shape index (κ2) is 9.12. The molecule has 7 heavy (non-hydrogen) atoms. The van der Waals surface area contributed by atoms with Gasteiger partial charge in [-0.3, -0.25) is 0 Å². The van der Waals surface area contributed by atoms with Gasteiger partial charge in [0.05, 0.1) is 0 Å². The molecule has 0 aliphatic rings. The Bertz CT molecular complexity index is 39.9. The highest BCUT2D eigenvalue weighted by Crippen LogP contribution is 1.72. The number of hydrogen-bond acceptors (Lipinski definition) is 2. The summed E-state index contributed by atoms with van der Waals surface area (Å²) >= 11 is 0. The minimum atomic E-state index is -1.38. The van der Waals surface area contributed by atoms with E-state index in [4.69, 9.17) is 10.1 Å². The van der Waals surface area contributed by atoms with Gasteiger partial charge < -0.3 is 9.32 Å². The first-order valence-corrected chi connectivity index (χ1v) is 3.95. The van der Waals surface area contributed by atoms with E-state index in [9.17, 15) is 4.11 Å². The first-order chi connectivity index (χ1) is 3.15. The lowest BCUT2D eigenvalue weighted by molar-refractivity contribution is 0.312. The van der Waals surface area contributed by atoms with Crippen LogP contribution in [0.1, 0.15) is 0 Å². The van der Waals surface area contributed by atoms with Gasteiger partial charge in [-0.25, -0.2) is 0 Å². The molecule has 0 heterocycles. The molecule has 0 aromatic rings. The molecule has 0 fully saturated rings. The van der Waals surface area contributed by atoms with Gasteiger partial charge in [-0.1, -0.05) is 0 Å². The molecule has 5 heteroatoms. The van der Waals surface area contributed by atoms with Crippen molar-refractivity contribution < 1.29 is 9.32 Å². The van der Waals surface area contributed by atoms with Gasteiger partial charge in [-0.05, 0) is 13.1 Å². The van der Waals surface area contributed by atoms with Gasteiger partial charge in [-0.2, -0.15) is 0 Å². The zero-order valence-corrected chi connectivity index (χ0v) is 5.18. The molecule has 0 aliphatic heterocycles. The van der Waals surface area contributed by atoms with Gasteiger partial charge in [0.15, 0.2) is 5.34 Å². The third kappa shape index (κ3) is 340. The third-order valence-corrected chi connectivity index (χ3v) is 0. The van der Waals surface area contributed by atoms with E-state index in [0.29, 0.717) is 0 Å². The average molecular weight is 124 g/mol. The van der Waals surface area contributed by atoms with Crippen LogP contribution in [-0.2, 0) is 0 Å². The Morgan fingerprint density at radius 1 is 1.71 bits per heavy atom. The van der Waals surface area contributed by atoms with Gasteiger partial charge in [0.2, 0.25) is 0 Å². The number of halogens is 1. The average Bonchev–Trinajstić information content (AvgIpc) is 1.33. The van der Waals surface area contributed by atoms with Crippen LogP contribution in [0, 0.1) is 4.91 Å². The summed E-state index contributed by atoms with van der Waals surface area (Å²) in [6.07, 6.45) is 0. The summed E-state index contributed by atoms with van der Waals surface area (Å²) < 4.78 is 11.1. The van der Waals surface area contributed by atoms with Crippen LogP contribution in [0.15, 0.2) is 5.34 Å². The van der Waals surface area contributed by atoms with Crippen LogP contribution in [-0.4, -0.2) is 14.3 Å². The first kappa shape index (κ1) is 9.74. The molecule has 1 N–H and O–H groups in total. The van der Waals surface area contributed by atoms with Crippen molar-refractivity contribution in [3.63, 3.8) is 0 Å². The Balaban J connectivity index is 0. The second-order valence-corrected chi connectivity index (χ2v) is 2.72. The molecular weight excluding hydrogens is 117 g/mol. The van der Waals surface area contributed by atoms with Crippen LogP contribution >= 0.6 is 0 Å². The molecule has 0 rings (SSSR count). The Kier molecular flexibility index (Phi) is 12.7. The van der Waals surface area contributed by atoms with Crippen LogP contribution in [0.2, 0.25) is 13.1 Å². The Morgan fingerprint density at radius 2 is 1.71 bits per heavy atom. The van der Waals surface area contributed by atoms with Crippen molar-refractivity contribution in [2.24, 2.45) is 5.34 Å². The highest BCUT2D eigenvalue weighted by molar-refractivity contribution is 6.47. The van der Waals surface area contributed by atoms with Gasteiger partial charge in [0.25, 0.3) is 9.13 Å². The van der Waals surface area contributed by atoms with E-state index in [1.54, 1.807) is 13.1 Å². The molecular formula is C2H7FNO2Si. The van der Waals surface area contributed by atoms with Crippen molar-refractivity contribution in [2.75, 3.05) is 0 Å². The van der Waals surface area contributed by atoms with Crippen LogP contribution in [0.25, 0.3) is 0 Å². The summed E-state index contributed by atoms with van der Waals surface area (Å²) in [5.74, 6) is 0. The summed E-state index contributed by atoms with van der Waals surface area (Å²) in [6, 6.07) is 0. The van der Waals surface area contributed by atoms with Gasteiger partial charge in [0, 0.05) is 0 Å². The minimum absolute atomic E-state index is 1.25. The molecule has 1 radical (unpaired) electrons. The van der Waals surface area contributed by atoms with Gasteiger partial charge in [-0.15, -0.1) is 4.91 Å². The van der Waals surface area contributed by atoms with Crippen molar-refractivity contribution >= 4 is 9.13 Å². The smallest absolute Gasteiger partial charge is 0.264 e. The lowest BCUT2D eigenvalue weighted by Crippen LogP contribution is -1.81. The van der Waals surface area contributed by atoms with Crippen molar-refractivity contribution in [1.29, 1.82) is 0 Å². The van der Waals surface area contributed by atoms with Crippen LogP contribution < -0.4 is 0 Å². The molecule has 0 atom stereocenters. The molecule has 3 nitrogen and oxygen atoms in total. The number of rotatable bonds is 0. The van der Waals surface area contributed by atoms with E-state index >= 15 is 0 Å². The van der Waals surface area contributed by atoms with E-state index in [0.717, 1.165) is 0 Å². The summed E-state index contributed by atoms with van der Waals surface area (Å²) in [4.78, 5) is 8.11. The Labute approximate surface area is 42.9 Å². The quantitative estimate of drug-likeness (QED) is 0.229. The fourth-order valence-electron chi connectivity index (χ4n) is 0. The Morgan fingerprint density at radius 3 is 1.71 bits per heavy atom. The molecule has 0 aromatic heterocycles. The van der Waals surface area contributed by atoms with E-state index < -0.39 is 9.13 Å². The minimum Gasteiger partial charge on any atom is -0.379 e. The molecule has 0 amide bonds. The maximum Gasteiger partial charge on any atom is 0.264 e. The zero-order valence-electron chi connectivity index (χ0n) is 4.18. The summed E-state index contributed by atoms with van der Waals surface area (Å²) in [7, 11) is -1.38. The molecule has 43 valence electrons. The molecule has 0 aromatic carbocycles. The molecule has 0 spiro atoms. The molecule has 0 bridgehead atoms. The fraction of sp³-hybridized carbons (Fsp3) is 1.00. The van der Waals surface area contributed by atoms with Gasteiger partial charge in [0.1, 0.15) is 0 Å². The van der Waals surface area contributed by atoms with E-state index in [2.05, 4.69) is 0 Å². The standard InChI is InChI=1S/C2H6FSi.HNO2/c1-4(2)3;2-1-3/h1-2H3;(H,2,3). The highest BCUT2D eigenvalue weighted by atomic mass is 28.3. The lowest BCUT2D eigenvalue weighted by Gasteiger charge is -1.68. The normalized spacial score (nSPS) is 6.86. The molecule has 0 aliphatic carbocycles. The fourth-order valence-corrected chi connectivity index (χ4v) is 0. The van der Waals surface area contributed by atoms with Gasteiger partial charge >= 0.3 is 0 Å². The van der Waals surface area contributed by atoms with Crippen molar-refractivity contribution in [2.45, 2.75) is 13.1 Å². The SMILES string of the molecule is C[Si](C)F.O=NO. The number of hydrogen-bond donors (Lipinski definition) is 1. The second-order valence-electron chi connectivity index (χ2n) is 0.960. The van der Waals surface area contributed by atoms with Crippen LogP contribution in [0.3, 0.4) is 0 Å². The largest absolute Gasteiger partial charge is 0.379 e. The maximum absolute atomic E-state index is 11.1. The van der Waals surface area contributed by atoms with Crippen LogP contribution in [0.4, 0.5) is 4.11 Å². The topological polar surface area (TPSA) is 49.7 Å². The zero-order chi connectivity index (χ0) is 6.28. The lowest BCUT2D eigenvalue weighted by atomic mass is 11.9. The first-order valence-electron chi connectivity index (χ1n) is 1.57. The Hall–Kier alpha value is -0.453. The summed E-state index contributed by atoms with van der Waals surface area (Å²) in [5, 5.41) is 7.89. The maximum atomic E-state index is 11.1. The molecule has 0 saturated carbocycles. The van der Waals surface area contributed by atoms with Crippen molar-refractivity contribution in [3.8, 4) is 0 Å². The molecule has 0 unspecified atom stereocenters. The monoisotopic (exact) mass is 124 g/mol. The summed E-state index contributed by atoms with van der Waals surface area (Å²) in [5.41, 5.74) is 0. The molecule has 0 saturated heterocycles. The predicted molar refractivity (Wildman–Crippen MR) is 26.2 cm³/mol. The van der Waals surface area contributed by atoms with Crippen LogP contribution in [0.5, 0.6) is 0 Å². The van der Waals surface area contributed by atoms with E-state index in [1.807, 2.05) is 0 Å². The van der Waals surface area contributed by atoms with Crippen molar-refractivity contribution in [3.05, 3.63) is 4.91 Å². The van der Waals surface area contributed by atoms with Crippen molar-refractivity contribution in [1.82, 2.24) is 0 Å².